The van der Waals surface area contributed by atoms with Crippen molar-refractivity contribution < 1.29 is 0 Å². The summed E-state index contributed by atoms with van der Waals surface area (Å²) in [7, 11) is 0. The molecule has 0 aromatic heterocycles. The molecule has 2 heteroatoms. The van der Waals surface area contributed by atoms with Crippen LogP contribution < -0.4 is 0 Å². The van der Waals surface area contributed by atoms with Crippen molar-refractivity contribution in [2.45, 2.75) is 33.1 Å². The quantitative estimate of drug-likeness (QED) is 0.672. The van der Waals surface area contributed by atoms with E-state index in [-0.39, 0.29) is 0 Å². The summed E-state index contributed by atoms with van der Waals surface area (Å²) in [5, 5.41) is 0. The van der Waals surface area contributed by atoms with Gasteiger partial charge in [-0.15, -0.1) is 0 Å². The van der Waals surface area contributed by atoms with Crippen LogP contribution in [-0.4, -0.2) is 11.4 Å². The zero-order valence-corrected chi connectivity index (χ0v) is 11.4. The Hall–Kier alpha value is -0.890. The van der Waals surface area contributed by atoms with Crippen molar-refractivity contribution >= 4 is 11.8 Å². The molecule has 2 aliphatic carbocycles. The molecule has 0 aromatic rings. The maximum Gasteiger partial charge on any atom is 0.0511 e. The monoisotopic (exact) mass is 245 g/mol. The van der Waals surface area contributed by atoms with Gasteiger partial charge in [0, 0.05) is 16.4 Å². The van der Waals surface area contributed by atoms with E-state index in [0.29, 0.717) is 5.92 Å². The second kappa shape index (κ2) is 4.41. The van der Waals surface area contributed by atoms with Crippen molar-refractivity contribution in [2.75, 3.05) is 6.54 Å². The molecule has 0 unspecified atom stereocenters. The van der Waals surface area contributed by atoms with Gasteiger partial charge in [-0.05, 0) is 32.1 Å². The van der Waals surface area contributed by atoms with Crippen LogP contribution in [-0.2, 0) is 0 Å². The third-order valence-corrected chi connectivity index (χ3v) is 4.77. The minimum absolute atomic E-state index is 0.679. The van der Waals surface area contributed by atoms with Gasteiger partial charge in [-0.1, -0.05) is 43.0 Å². The molecular weight excluding hydrogens is 226 g/mol. The standard InChI is InChI=1S/C15H19NS/c1-3-16-12-6-4-5-7-14(12)17-15-9-8-11(2)10-13(15)16/h6-7,9-11H,3-5,8H2,1-2H3/t11-/m1/s1. The average molecular weight is 245 g/mol. The molecule has 1 fully saturated rings. The summed E-state index contributed by atoms with van der Waals surface area (Å²) < 4.78 is 0. The first-order chi connectivity index (χ1) is 8.29. The summed E-state index contributed by atoms with van der Waals surface area (Å²) in [6, 6.07) is 0. The van der Waals surface area contributed by atoms with E-state index in [9.17, 15) is 0 Å². The molecular formula is C15H19NS. The van der Waals surface area contributed by atoms with Crippen LogP contribution in [0.15, 0.2) is 45.5 Å². The lowest BCUT2D eigenvalue weighted by Crippen LogP contribution is -2.29. The fraction of sp³-hybridized carbons (Fsp3) is 0.467. The molecule has 0 bridgehead atoms. The molecule has 3 aliphatic rings. The first-order valence-corrected chi connectivity index (χ1v) is 7.39. The topological polar surface area (TPSA) is 3.24 Å². The van der Waals surface area contributed by atoms with Gasteiger partial charge >= 0.3 is 0 Å². The summed E-state index contributed by atoms with van der Waals surface area (Å²) in [6.07, 6.45) is 13.2. The van der Waals surface area contributed by atoms with Crippen LogP contribution >= 0.6 is 11.8 Å². The highest BCUT2D eigenvalue weighted by atomic mass is 32.2. The van der Waals surface area contributed by atoms with Gasteiger partial charge in [0.1, 0.15) is 0 Å². The zero-order valence-electron chi connectivity index (χ0n) is 10.6. The van der Waals surface area contributed by atoms with E-state index in [1.54, 1.807) is 0 Å². The smallest absolute Gasteiger partial charge is 0.0511 e. The number of likely N-dealkylation sites (N-methyl/N-ethyl adjacent to an activating group) is 1. The molecule has 3 rings (SSSR count). The first-order valence-electron chi connectivity index (χ1n) is 6.58. The summed E-state index contributed by atoms with van der Waals surface area (Å²) in [5.74, 6) is 0.679. The zero-order chi connectivity index (χ0) is 11.8. The summed E-state index contributed by atoms with van der Waals surface area (Å²) >= 11 is 1.96. The summed E-state index contributed by atoms with van der Waals surface area (Å²) in [6.45, 7) is 5.62. The average Bonchev–Trinajstić information content (AvgIpc) is 2.36. The van der Waals surface area contributed by atoms with Crippen molar-refractivity contribution in [2.24, 2.45) is 5.92 Å². The lowest BCUT2D eigenvalue weighted by molar-refractivity contribution is 0.455. The number of hydrogen-bond donors (Lipinski definition) is 0. The molecule has 17 heavy (non-hydrogen) atoms. The molecule has 0 aromatic carbocycles. The van der Waals surface area contributed by atoms with E-state index in [2.05, 4.69) is 43.1 Å². The van der Waals surface area contributed by atoms with Gasteiger partial charge in [-0.2, -0.15) is 0 Å². The maximum absolute atomic E-state index is 2.49. The number of hydrogen-bond acceptors (Lipinski definition) is 2. The van der Waals surface area contributed by atoms with E-state index >= 15 is 0 Å². The van der Waals surface area contributed by atoms with E-state index in [1.165, 1.54) is 40.5 Å². The Balaban J connectivity index is 2.04. The molecule has 1 atom stereocenters. The van der Waals surface area contributed by atoms with Gasteiger partial charge < -0.3 is 4.90 Å². The van der Waals surface area contributed by atoms with E-state index < -0.39 is 0 Å². The molecule has 0 amide bonds. The van der Waals surface area contributed by atoms with Gasteiger partial charge in [-0.3, -0.25) is 0 Å². The second-order valence-corrected chi connectivity index (χ2v) is 6.00. The number of rotatable bonds is 1. The normalized spacial score (nSPS) is 27.4. The van der Waals surface area contributed by atoms with Gasteiger partial charge in [0.25, 0.3) is 0 Å². The highest BCUT2D eigenvalue weighted by Gasteiger charge is 2.29. The SMILES string of the molecule is CCN1C2=CCCC=C2SC2=CC[C@@H](C)C=C21. The predicted octanol–water partition coefficient (Wildman–Crippen LogP) is 4.42. The van der Waals surface area contributed by atoms with Gasteiger partial charge in [0.05, 0.1) is 11.4 Å². The van der Waals surface area contributed by atoms with E-state index in [0.717, 1.165) is 6.54 Å². The molecule has 90 valence electrons. The van der Waals surface area contributed by atoms with Crippen molar-refractivity contribution in [3.05, 3.63) is 45.5 Å². The Labute approximate surface area is 108 Å². The third kappa shape index (κ3) is 1.89. The van der Waals surface area contributed by atoms with Crippen LogP contribution in [0, 0.1) is 5.92 Å². The number of allylic oxidation sites excluding steroid dienone is 4. The molecule has 0 N–H and O–H groups in total. The summed E-state index contributed by atoms with van der Waals surface area (Å²) in [4.78, 5) is 5.43. The van der Waals surface area contributed by atoms with Crippen LogP contribution in [0.25, 0.3) is 0 Å². The largest absolute Gasteiger partial charge is 0.340 e. The van der Waals surface area contributed by atoms with Gasteiger partial charge in [0.15, 0.2) is 0 Å². The Bertz CT molecular complexity index is 454. The minimum atomic E-state index is 0.679. The second-order valence-electron chi connectivity index (χ2n) is 4.91. The molecule has 1 nitrogen and oxygen atoms in total. The Morgan fingerprint density at radius 1 is 1.18 bits per heavy atom. The van der Waals surface area contributed by atoms with E-state index in [4.69, 9.17) is 0 Å². The van der Waals surface area contributed by atoms with Crippen LogP contribution in [0.4, 0.5) is 0 Å². The lowest BCUT2D eigenvalue weighted by Gasteiger charge is -2.39. The number of nitrogens with zero attached hydrogens (tertiary/aromatic N) is 1. The van der Waals surface area contributed by atoms with Crippen molar-refractivity contribution in [3.8, 4) is 0 Å². The predicted molar refractivity (Wildman–Crippen MR) is 75.3 cm³/mol. The van der Waals surface area contributed by atoms with Crippen molar-refractivity contribution in [3.63, 3.8) is 0 Å². The molecule has 0 spiro atoms. The van der Waals surface area contributed by atoms with Crippen molar-refractivity contribution in [1.82, 2.24) is 4.90 Å². The van der Waals surface area contributed by atoms with Crippen LogP contribution in [0.5, 0.6) is 0 Å². The minimum Gasteiger partial charge on any atom is -0.340 e. The lowest BCUT2D eigenvalue weighted by atomic mass is 9.99. The molecule has 1 saturated heterocycles. The molecule has 1 aliphatic heterocycles. The third-order valence-electron chi connectivity index (χ3n) is 3.57. The van der Waals surface area contributed by atoms with Gasteiger partial charge in [0.2, 0.25) is 0 Å². The van der Waals surface area contributed by atoms with Crippen molar-refractivity contribution in [1.29, 1.82) is 0 Å². The van der Waals surface area contributed by atoms with Crippen LogP contribution in [0.2, 0.25) is 0 Å². The Kier molecular flexibility index (Phi) is 2.91. The molecule has 0 radical (unpaired) electrons. The van der Waals surface area contributed by atoms with E-state index in [1.807, 2.05) is 11.8 Å². The highest BCUT2D eigenvalue weighted by Crippen LogP contribution is 2.48. The number of thioether (sulfide) groups is 1. The summed E-state index contributed by atoms with van der Waals surface area (Å²) in [5.41, 5.74) is 2.89. The number of fused-ring (bicyclic) bond motifs is 2. The molecule has 0 saturated carbocycles. The van der Waals surface area contributed by atoms with Crippen LogP contribution in [0.1, 0.15) is 33.1 Å². The Morgan fingerprint density at radius 2 is 1.94 bits per heavy atom. The first kappa shape index (κ1) is 11.2. The maximum atomic E-state index is 2.49. The fourth-order valence-corrected chi connectivity index (χ4v) is 3.90. The Morgan fingerprint density at radius 3 is 2.76 bits per heavy atom. The molecule has 1 heterocycles. The fourth-order valence-electron chi connectivity index (χ4n) is 2.70. The van der Waals surface area contributed by atoms with Gasteiger partial charge in [-0.25, -0.2) is 0 Å². The highest BCUT2D eigenvalue weighted by molar-refractivity contribution is 8.07. The van der Waals surface area contributed by atoms with Crippen LogP contribution in [0.3, 0.4) is 0 Å².